The van der Waals surface area contributed by atoms with Crippen molar-refractivity contribution in [1.29, 1.82) is 0 Å². The van der Waals surface area contributed by atoms with Crippen molar-refractivity contribution in [2.24, 2.45) is 7.05 Å². The van der Waals surface area contributed by atoms with Gasteiger partial charge in [-0.25, -0.2) is 0 Å². The van der Waals surface area contributed by atoms with Crippen LogP contribution in [0.25, 0.3) is 0 Å². The van der Waals surface area contributed by atoms with Crippen LogP contribution < -0.4 is 10.1 Å². The van der Waals surface area contributed by atoms with Crippen LogP contribution >= 0.6 is 0 Å². The van der Waals surface area contributed by atoms with E-state index in [1.54, 1.807) is 0 Å². The Morgan fingerprint density at radius 1 is 1.07 bits per heavy atom. The van der Waals surface area contributed by atoms with Crippen LogP contribution in [0.1, 0.15) is 61.6 Å². The van der Waals surface area contributed by atoms with Crippen LogP contribution in [0.4, 0.5) is 0 Å². The third-order valence-electron chi connectivity index (χ3n) is 5.35. The Kier molecular flexibility index (Phi) is 7.15. The average Bonchev–Trinajstić information content (AvgIpc) is 2.92. The first-order valence-electron chi connectivity index (χ1n) is 10.4. The maximum atomic E-state index is 12.7. The molecule has 1 aromatic carbocycles. The second kappa shape index (κ2) is 9.78. The van der Waals surface area contributed by atoms with Gasteiger partial charge in [0, 0.05) is 31.0 Å². The van der Waals surface area contributed by atoms with Gasteiger partial charge in [0.2, 0.25) is 0 Å². The summed E-state index contributed by atoms with van der Waals surface area (Å²) in [5, 5.41) is 3.16. The molecule has 2 heterocycles. The quantitative estimate of drug-likeness (QED) is 0.781. The number of likely N-dealkylation sites (tertiary alicyclic amines) is 1. The highest BCUT2D eigenvalue weighted by molar-refractivity contribution is 5.94. The van der Waals surface area contributed by atoms with Crippen LogP contribution in [-0.4, -0.2) is 41.1 Å². The maximum Gasteiger partial charge on any atom is 0.251 e. The Morgan fingerprint density at radius 3 is 2.32 bits per heavy atom. The van der Waals surface area contributed by atoms with Crippen molar-refractivity contribution >= 4 is 5.91 Å². The smallest absolute Gasteiger partial charge is 0.251 e. The number of nitrogens with zero attached hydrogens (tertiary/aromatic N) is 2. The first-order chi connectivity index (χ1) is 13.5. The Morgan fingerprint density at radius 2 is 1.75 bits per heavy atom. The van der Waals surface area contributed by atoms with Crippen molar-refractivity contribution in [2.45, 2.75) is 51.7 Å². The van der Waals surface area contributed by atoms with Crippen molar-refractivity contribution in [3.05, 3.63) is 53.9 Å². The lowest BCUT2D eigenvalue weighted by Crippen LogP contribution is -2.39. The average molecular weight is 384 g/mol. The van der Waals surface area contributed by atoms with Gasteiger partial charge in [-0.2, -0.15) is 0 Å². The minimum Gasteiger partial charge on any atom is -0.491 e. The number of nitrogens with one attached hydrogen (secondary N) is 1. The molecule has 0 spiro atoms. The Bertz CT molecular complexity index is 743. The molecule has 5 nitrogen and oxygen atoms in total. The van der Waals surface area contributed by atoms with Gasteiger partial charge in [-0.15, -0.1) is 0 Å². The fourth-order valence-electron chi connectivity index (χ4n) is 3.90. The molecule has 28 heavy (non-hydrogen) atoms. The minimum atomic E-state index is -0.0369. The molecule has 1 atom stereocenters. The van der Waals surface area contributed by atoms with E-state index >= 15 is 0 Å². The second-order valence-corrected chi connectivity index (χ2v) is 7.91. The van der Waals surface area contributed by atoms with E-state index < -0.39 is 0 Å². The van der Waals surface area contributed by atoms with Gasteiger partial charge in [-0.05, 0) is 76.2 Å². The third-order valence-corrected chi connectivity index (χ3v) is 5.35. The largest absolute Gasteiger partial charge is 0.491 e. The molecular weight excluding hydrogens is 350 g/mol. The van der Waals surface area contributed by atoms with Crippen LogP contribution in [0.5, 0.6) is 5.75 Å². The number of benzene rings is 1. The number of carbonyl (C=O) groups excluding carboxylic acids is 1. The SMILES string of the molecule is CC(C)Oc1ccc(C(=O)NCC(c2cccn2C)N2CCCCCC2)cc1. The van der Waals surface area contributed by atoms with Gasteiger partial charge in [0.25, 0.3) is 5.91 Å². The van der Waals surface area contributed by atoms with Crippen LogP contribution in [0, 0.1) is 0 Å². The Balaban J connectivity index is 1.67. The van der Waals surface area contributed by atoms with Gasteiger partial charge in [-0.3, -0.25) is 9.69 Å². The molecule has 0 aliphatic carbocycles. The zero-order valence-corrected chi connectivity index (χ0v) is 17.4. The number of rotatable bonds is 7. The van der Waals surface area contributed by atoms with E-state index in [1.807, 2.05) is 38.1 Å². The van der Waals surface area contributed by atoms with Crippen LogP contribution in [0.2, 0.25) is 0 Å². The summed E-state index contributed by atoms with van der Waals surface area (Å²) in [6.45, 7) is 6.78. The first kappa shape index (κ1) is 20.5. The van der Waals surface area contributed by atoms with Crippen molar-refractivity contribution < 1.29 is 9.53 Å². The van der Waals surface area contributed by atoms with E-state index in [0.29, 0.717) is 12.1 Å². The van der Waals surface area contributed by atoms with E-state index in [2.05, 4.69) is 40.2 Å². The topological polar surface area (TPSA) is 46.5 Å². The van der Waals surface area contributed by atoms with Crippen LogP contribution in [0.3, 0.4) is 0 Å². The molecule has 1 fully saturated rings. The number of aromatic nitrogens is 1. The van der Waals surface area contributed by atoms with E-state index in [9.17, 15) is 4.79 Å². The zero-order chi connectivity index (χ0) is 19.9. The van der Waals surface area contributed by atoms with Crippen molar-refractivity contribution in [3.8, 4) is 5.75 Å². The van der Waals surface area contributed by atoms with E-state index in [1.165, 1.54) is 31.4 Å². The summed E-state index contributed by atoms with van der Waals surface area (Å²) in [6, 6.07) is 11.8. The molecular formula is C23H33N3O2. The lowest BCUT2D eigenvalue weighted by Gasteiger charge is -2.31. The van der Waals surface area contributed by atoms with Gasteiger partial charge in [0.15, 0.2) is 0 Å². The van der Waals surface area contributed by atoms with Gasteiger partial charge in [0.1, 0.15) is 5.75 Å². The molecule has 1 aliphatic heterocycles. The number of hydrogen-bond acceptors (Lipinski definition) is 3. The molecule has 1 unspecified atom stereocenters. The number of aryl methyl sites for hydroxylation is 1. The van der Waals surface area contributed by atoms with Crippen molar-refractivity contribution in [3.63, 3.8) is 0 Å². The number of ether oxygens (including phenoxy) is 1. The van der Waals surface area contributed by atoms with Crippen LogP contribution in [-0.2, 0) is 7.05 Å². The molecule has 2 aromatic rings. The summed E-state index contributed by atoms with van der Waals surface area (Å²) in [5.41, 5.74) is 1.92. The molecule has 3 rings (SSSR count). The zero-order valence-electron chi connectivity index (χ0n) is 17.4. The summed E-state index contributed by atoms with van der Waals surface area (Å²) in [5.74, 6) is 0.753. The van der Waals surface area contributed by atoms with E-state index in [-0.39, 0.29) is 18.1 Å². The third kappa shape index (κ3) is 5.38. The maximum absolute atomic E-state index is 12.7. The summed E-state index contributed by atoms with van der Waals surface area (Å²) in [4.78, 5) is 15.2. The van der Waals surface area contributed by atoms with Gasteiger partial charge in [0.05, 0.1) is 12.1 Å². The van der Waals surface area contributed by atoms with Crippen molar-refractivity contribution in [1.82, 2.24) is 14.8 Å². The number of amides is 1. The highest BCUT2D eigenvalue weighted by Gasteiger charge is 2.24. The van der Waals surface area contributed by atoms with Crippen LogP contribution in [0.15, 0.2) is 42.6 Å². The summed E-state index contributed by atoms with van der Waals surface area (Å²) in [7, 11) is 2.08. The molecule has 0 radical (unpaired) electrons. The van der Waals surface area contributed by atoms with E-state index in [4.69, 9.17) is 4.74 Å². The lowest BCUT2D eigenvalue weighted by molar-refractivity contribution is 0.0931. The summed E-state index contributed by atoms with van der Waals surface area (Å²) >= 11 is 0. The summed E-state index contributed by atoms with van der Waals surface area (Å²) < 4.78 is 7.83. The highest BCUT2D eigenvalue weighted by atomic mass is 16.5. The molecule has 1 saturated heterocycles. The monoisotopic (exact) mass is 383 g/mol. The molecule has 1 aliphatic rings. The lowest BCUT2D eigenvalue weighted by atomic mass is 10.1. The molecule has 1 N–H and O–H groups in total. The molecule has 1 amide bonds. The predicted molar refractivity (Wildman–Crippen MR) is 113 cm³/mol. The molecule has 0 saturated carbocycles. The standard InChI is InChI=1S/C23H33N3O2/c1-18(2)28-20-12-10-19(11-13-20)23(27)24-17-22(21-9-8-14-25(21)3)26-15-6-4-5-7-16-26/h8-14,18,22H,4-7,15-17H2,1-3H3,(H,24,27). The molecule has 0 bridgehead atoms. The summed E-state index contributed by atoms with van der Waals surface area (Å²) in [6.07, 6.45) is 7.26. The van der Waals surface area contributed by atoms with E-state index in [0.717, 1.165) is 18.8 Å². The van der Waals surface area contributed by atoms with Gasteiger partial charge in [-0.1, -0.05) is 12.8 Å². The molecule has 1 aromatic heterocycles. The van der Waals surface area contributed by atoms with Gasteiger partial charge < -0.3 is 14.6 Å². The fourth-order valence-corrected chi connectivity index (χ4v) is 3.90. The number of hydrogen-bond donors (Lipinski definition) is 1. The normalized spacial score (nSPS) is 16.6. The van der Waals surface area contributed by atoms with Gasteiger partial charge >= 0.3 is 0 Å². The Hall–Kier alpha value is -2.27. The predicted octanol–water partition coefficient (Wildman–Crippen LogP) is 4.16. The molecule has 5 heteroatoms. The Labute approximate surface area is 168 Å². The second-order valence-electron chi connectivity index (χ2n) is 7.91. The number of carbonyl (C=O) groups is 1. The highest BCUT2D eigenvalue weighted by Crippen LogP contribution is 2.24. The minimum absolute atomic E-state index is 0.0369. The first-order valence-corrected chi connectivity index (χ1v) is 10.4. The fraction of sp³-hybridized carbons (Fsp3) is 0.522. The molecule has 152 valence electrons. The van der Waals surface area contributed by atoms with Crippen molar-refractivity contribution in [2.75, 3.05) is 19.6 Å².